The Morgan fingerprint density at radius 2 is 2.12 bits per heavy atom. The summed E-state index contributed by atoms with van der Waals surface area (Å²) in [5, 5.41) is 12.2. The molecule has 1 aromatic carbocycles. The van der Waals surface area contributed by atoms with E-state index in [0.29, 0.717) is 12.1 Å². The average molecular weight is 223 g/mol. The van der Waals surface area contributed by atoms with Crippen molar-refractivity contribution in [3.05, 3.63) is 59.4 Å². The Morgan fingerprint density at radius 3 is 2.88 bits per heavy atom. The number of rotatable bonds is 3. The number of aromatic nitrogens is 1. The number of nitrogens with zero attached hydrogens (tertiary/aromatic N) is 2. The Labute approximate surface area is 101 Å². The lowest BCUT2D eigenvalue weighted by atomic mass is 10.1. The third-order valence-electron chi connectivity index (χ3n) is 2.66. The molecule has 0 atom stereocenters. The van der Waals surface area contributed by atoms with E-state index in [1.807, 2.05) is 30.5 Å². The van der Waals surface area contributed by atoms with E-state index in [2.05, 4.69) is 23.3 Å². The number of aryl methyl sites for hydroxylation is 1. The van der Waals surface area contributed by atoms with Crippen molar-refractivity contribution in [2.24, 2.45) is 0 Å². The summed E-state index contributed by atoms with van der Waals surface area (Å²) in [6.07, 6.45) is 3.62. The summed E-state index contributed by atoms with van der Waals surface area (Å²) in [4.78, 5) is 4.10. The fourth-order valence-corrected chi connectivity index (χ4v) is 1.61. The minimum Gasteiger partial charge on any atom is -0.380 e. The molecular formula is C14H13N3. The van der Waals surface area contributed by atoms with E-state index in [0.717, 1.165) is 11.3 Å². The molecule has 0 amide bonds. The molecule has 0 aliphatic heterocycles. The zero-order valence-corrected chi connectivity index (χ0v) is 9.64. The highest BCUT2D eigenvalue weighted by atomic mass is 14.9. The predicted octanol–water partition coefficient (Wildman–Crippen LogP) is 2.87. The standard InChI is InChI=1S/C14H13N3/c1-11-6-7-16-9-13(11)10-17-14-5-3-2-4-12(14)8-15/h2-7,9,17H,10H2,1H3. The summed E-state index contributed by atoms with van der Waals surface area (Å²) in [6.45, 7) is 2.73. The minimum atomic E-state index is 0.661. The molecule has 0 spiro atoms. The van der Waals surface area contributed by atoms with Crippen molar-refractivity contribution < 1.29 is 0 Å². The highest BCUT2D eigenvalue weighted by molar-refractivity contribution is 5.57. The molecule has 0 radical (unpaired) electrons. The number of benzene rings is 1. The summed E-state index contributed by atoms with van der Waals surface area (Å²) in [5.41, 5.74) is 3.86. The number of nitrogens with one attached hydrogen (secondary N) is 1. The van der Waals surface area contributed by atoms with Crippen molar-refractivity contribution >= 4 is 5.69 Å². The zero-order valence-electron chi connectivity index (χ0n) is 9.64. The van der Waals surface area contributed by atoms with Crippen LogP contribution in [0.4, 0.5) is 5.69 Å². The minimum absolute atomic E-state index is 0.661. The first-order valence-electron chi connectivity index (χ1n) is 5.44. The molecule has 84 valence electrons. The van der Waals surface area contributed by atoms with Gasteiger partial charge < -0.3 is 5.32 Å². The van der Waals surface area contributed by atoms with Crippen LogP contribution in [0, 0.1) is 18.3 Å². The smallest absolute Gasteiger partial charge is 0.101 e. The molecule has 1 aromatic heterocycles. The molecule has 0 unspecified atom stereocenters. The molecule has 1 N–H and O–H groups in total. The van der Waals surface area contributed by atoms with Crippen LogP contribution in [-0.2, 0) is 6.54 Å². The molecule has 17 heavy (non-hydrogen) atoms. The first kappa shape index (κ1) is 11.2. The SMILES string of the molecule is Cc1ccncc1CNc1ccccc1C#N. The molecule has 0 saturated heterocycles. The summed E-state index contributed by atoms with van der Waals surface area (Å²) in [7, 11) is 0. The van der Waals surface area contributed by atoms with Gasteiger partial charge in [0, 0.05) is 18.9 Å². The summed E-state index contributed by atoms with van der Waals surface area (Å²) < 4.78 is 0. The van der Waals surface area contributed by atoms with Gasteiger partial charge in [0.2, 0.25) is 0 Å². The van der Waals surface area contributed by atoms with Crippen molar-refractivity contribution in [3.8, 4) is 6.07 Å². The van der Waals surface area contributed by atoms with E-state index in [1.165, 1.54) is 5.56 Å². The molecule has 0 bridgehead atoms. The molecule has 0 fully saturated rings. The van der Waals surface area contributed by atoms with Gasteiger partial charge in [-0.15, -0.1) is 0 Å². The lowest BCUT2D eigenvalue weighted by Crippen LogP contribution is -2.03. The third-order valence-corrected chi connectivity index (χ3v) is 2.66. The number of anilines is 1. The average Bonchev–Trinajstić information content (AvgIpc) is 2.38. The van der Waals surface area contributed by atoms with Crippen LogP contribution in [0.5, 0.6) is 0 Å². The molecule has 0 aliphatic rings. The Kier molecular flexibility index (Phi) is 3.37. The lowest BCUT2D eigenvalue weighted by molar-refractivity contribution is 1.08. The van der Waals surface area contributed by atoms with Gasteiger partial charge in [-0.25, -0.2) is 0 Å². The fourth-order valence-electron chi connectivity index (χ4n) is 1.61. The molecule has 3 nitrogen and oxygen atoms in total. The van der Waals surface area contributed by atoms with Crippen LogP contribution in [-0.4, -0.2) is 4.98 Å². The number of pyridine rings is 1. The van der Waals surface area contributed by atoms with Gasteiger partial charge >= 0.3 is 0 Å². The van der Waals surface area contributed by atoms with E-state index in [4.69, 9.17) is 5.26 Å². The van der Waals surface area contributed by atoms with Crippen molar-refractivity contribution in [3.63, 3.8) is 0 Å². The van der Waals surface area contributed by atoms with Gasteiger partial charge in [0.25, 0.3) is 0 Å². The van der Waals surface area contributed by atoms with Crippen molar-refractivity contribution in [2.75, 3.05) is 5.32 Å². The maximum Gasteiger partial charge on any atom is 0.101 e. The third kappa shape index (κ3) is 2.61. The van der Waals surface area contributed by atoms with Crippen molar-refractivity contribution in [1.82, 2.24) is 4.98 Å². The molecule has 1 heterocycles. The van der Waals surface area contributed by atoms with Crippen LogP contribution in [0.25, 0.3) is 0 Å². The normalized spacial score (nSPS) is 9.65. The van der Waals surface area contributed by atoms with Crippen LogP contribution in [0.1, 0.15) is 16.7 Å². The number of hydrogen-bond donors (Lipinski definition) is 1. The molecule has 0 saturated carbocycles. The highest BCUT2D eigenvalue weighted by Gasteiger charge is 2.01. The Morgan fingerprint density at radius 1 is 1.29 bits per heavy atom. The van der Waals surface area contributed by atoms with E-state index in [-0.39, 0.29) is 0 Å². The zero-order chi connectivity index (χ0) is 12.1. The Balaban J connectivity index is 2.13. The Hall–Kier alpha value is -2.34. The van der Waals surface area contributed by atoms with Crippen molar-refractivity contribution in [1.29, 1.82) is 5.26 Å². The maximum atomic E-state index is 8.97. The molecule has 2 rings (SSSR count). The second kappa shape index (κ2) is 5.13. The van der Waals surface area contributed by atoms with Crippen LogP contribution < -0.4 is 5.32 Å². The Bertz CT molecular complexity index is 555. The van der Waals surface area contributed by atoms with Gasteiger partial charge in [-0.1, -0.05) is 12.1 Å². The molecule has 0 aliphatic carbocycles. The number of para-hydroxylation sites is 1. The monoisotopic (exact) mass is 223 g/mol. The van der Waals surface area contributed by atoms with Gasteiger partial charge in [-0.2, -0.15) is 5.26 Å². The van der Waals surface area contributed by atoms with Crippen LogP contribution >= 0.6 is 0 Å². The lowest BCUT2D eigenvalue weighted by Gasteiger charge is -2.09. The largest absolute Gasteiger partial charge is 0.380 e. The quantitative estimate of drug-likeness (QED) is 0.870. The summed E-state index contributed by atoms with van der Waals surface area (Å²) in [6, 6.07) is 11.6. The first-order valence-corrected chi connectivity index (χ1v) is 5.44. The molecular weight excluding hydrogens is 210 g/mol. The molecule has 2 aromatic rings. The first-order chi connectivity index (χ1) is 8.31. The summed E-state index contributed by atoms with van der Waals surface area (Å²) >= 11 is 0. The number of nitriles is 1. The van der Waals surface area contributed by atoms with E-state index in [9.17, 15) is 0 Å². The van der Waals surface area contributed by atoms with Crippen molar-refractivity contribution in [2.45, 2.75) is 13.5 Å². The van der Waals surface area contributed by atoms with Gasteiger partial charge in [0.15, 0.2) is 0 Å². The van der Waals surface area contributed by atoms with Crippen LogP contribution in [0.3, 0.4) is 0 Å². The predicted molar refractivity (Wildman–Crippen MR) is 67.5 cm³/mol. The van der Waals surface area contributed by atoms with Crippen LogP contribution in [0.2, 0.25) is 0 Å². The van der Waals surface area contributed by atoms with Gasteiger partial charge in [-0.3, -0.25) is 4.98 Å². The highest BCUT2D eigenvalue weighted by Crippen LogP contribution is 2.15. The van der Waals surface area contributed by atoms with Gasteiger partial charge in [0.05, 0.1) is 11.3 Å². The fraction of sp³-hybridized carbons (Fsp3) is 0.143. The van der Waals surface area contributed by atoms with E-state index in [1.54, 1.807) is 12.3 Å². The maximum absolute atomic E-state index is 8.97. The molecule has 3 heteroatoms. The second-order valence-electron chi connectivity index (χ2n) is 3.81. The topological polar surface area (TPSA) is 48.7 Å². The summed E-state index contributed by atoms with van der Waals surface area (Å²) in [5.74, 6) is 0. The van der Waals surface area contributed by atoms with Gasteiger partial charge in [-0.05, 0) is 36.2 Å². The second-order valence-corrected chi connectivity index (χ2v) is 3.81. The van der Waals surface area contributed by atoms with E-state index < -0.39 is 0 Å². The van der Waals surface area contributed by atoms with E-state index >= 15 is 0 Å². The number of hydrogen-bond acceptors (Lipinski definition) is 3. The van der Waals surface area contributed by atoms with Gasteiger partial charge in [0.1, 0.15) is 6.07 Å². The van der Waals surface area contributed by atoms with Crippen LogP contribution in [0.15, 0.2) is 42.7 Å².